The molecule has 0 saturated carbocycles. The Hall–Kier alpha value is -1.05. The number of ether oxygens (including phenoxy) is 1. The molecule has 2 heteroatoms. The lowest BCUT2D eigenvalue weighted by Crippen LogP contribution is -1.97. The standard InChI is InChI=1S/C9H10FO/c10-7-4-8-11-9-5-2-1-3-6-9/h1-2,5-6H,4,7-8H2. The van der Waals surface area contributed by atoms with Crippen molar-refractivity contribution in [1.29, 1.82) is 0 Å². The second-order valence-corrected chi connectivity index (χ2v) is 2.13. The minimum absolute atomic E-state index is 0.323. The Morgan fingerprint density at radius 1 is 1.55 bits per heavy atom. The number of halogens is 1. The van der Waals surface area contributed by atoms with E-state index < -0.39 is 0 Å². The molecule has 1 radical (unpaired) electrons. The van der Waals surface area contributed by atoms with E-state index in [2.05, 4.69) is 6.07 Å². The predicted octanol–water partition coefficient (Wildman–Crippen LogP) is 2.23. The van der Waals surface area contributed by atoms with Gasteiger partial charge in [0.05, 0.1) is 13.3 Å². The van der Waals surface area contributed by atoms with Crippen molar-refractivity contribution < 1.29 is 9.13 Å². The second kappa shape index (κ2) is 4.72. The van der Waals surface area contributed by atoms with E-state index in [4.69, 9.17) is 4.74 Å². The monoisotopic (exact) mass is 153 g/mol. The molecule has 0 aliphatic carbocycles. The summed E-state index contributed by atoms with van der Waals surface area (Å²) in [6.07, 6.45) is 0.453. The molecule has 0 unspecified atom stereocenters. The van der Waals surface area contributed by atoms with Crippen LogP contribution in [0.5, 0.6) is 5.75 Å². The van der Waals surface area contributed by atoms with Gasteiger partial charge in [0.1, 0.15) is 5.75 Å². The molecule has 1 aromatic carbocycles. The lowest BCUT2D eigenvalue weighted by molar-refractivity contribution is 0.289. The molecular formula is C9H10FO. The van der Waals surface area contributed by atoms with Gasteiger partial charge in [-0.05, 0) is 18.2 Å². The highest BCUT2D eigenvalue weighted by molar-refractivity contribution is 5.19. The summed E-state index contributed by atoms with van der Waals surface area (Å²) in [5.41, 5.74) is 0. The van der Waals surface area contributed by atoms with Crippen molar-refractivity contribution in [2.24, 2.45) is 0 Å². The van der Waals surface area contributed by atoms with E-state index in [0.717, 1.165) is 5.75 Å². The number of benzene rings is 1. The van der Waals surface area contributed by atoms with Crippen molar-refractivity contribution in [3.63, 3.8) is 0 Å². The van der Waals surface area contributed by atoms with Crippen LogP contribution in [0.15, 0.2) is 24.3 Å². The molecule has 1 rings (SSSR count). The first-order valence-corrected chi connectivity index (χ1v) is 3.58. The van der Waals surface area contributed by atoms with Crippen LogP contribution in [0, 0.1) is 6.07 Å². The molecule has 0 atom stereocenters. The molecule has 0 saturated heterocycles. The predicted molar refractivity (Wildman–Crippen MR) is 41.4 cm³/mol. The highest BCUT2D eigenvalue weighted by Gasteiger charge is 1.89. The van der Waals surface area contributed by atoms with Gasteiger partial charge in [-0.2, -0.15) is 0 Å². The summed E-state index contributed by atoms with van der Waals surface area (Å²) in [5, 5.41) is 0. The molecule has 0 spiro atoms. The van der Waals surface area contributed by atoms with E-state index >= 15 is 0 Å². The van der Waals surface area contributed by atoms with Crippen LogP contribution in [0.3, 0.4) is 0 Å². The largest absolute Gasteiger partial charge is 0.493 e. The molecular weight excluding hydrogens is 143 g/mol. The van der Waals surface area contributed by atoms with Gasteiger partial charge in [0.25, 0.3) is 0 Å². The summed E-state index contributed by atoms with van der Waals surface area (Å²) in [5.74, 6) is 0.751. The van der Waals surface area contributed by atoms with Crippen LogP contribution in [0.1, 0.15) is 6.42 Å². The Morgan fingerprint density at radius 3 is 3.09 bits per heavy atom. The van der Waals surface area contributed by atoms with E-state index in [1.54, 1.807) is 12.1 Å². The molecule has 0 heterocycles. The number of alkyl halides is 1. The smallest absolute Gasteiger partial charge is 0.119 e. The molecule has 0 aliphatic rings. The molecule has 0 aromatic heterocycles. The summed E-state index contributed by atoms with van der Waals surface area (Å²) < 4.78 is 16.8. The van der Waals surface area contributed by atoms with E-state index in [0.29, 0.717) is 13.0 Å². The van der Waals surface area contributed by atoms with Crippen LogP contribution in [0.4, 0.5) is 4.39 Å². The zero-order valence-corrected chi connectivity index (χ0v) is 6.22. The normalized spacial score (nSPS) is 9.55. The van der Waals surface area contributed by atoms with Crippen LogP contribution < -0.4 is 4.74 Å². The summed E-state index contributed by atoms with van der Waals surface area (Å²) in [7, 11) is 0. The van der Waals surface area contributed by atoms with Gasteiger partial charge >= 0.3 is 0 Å². The average molecular weight is 153 g/mol. The van der Waals surface area contributed by atoms with E-state index in [1.165, 1.54) is 0 Å². The third kappa shape index (κ3) is 3.03. The minimum Gasteiger partial charge on any atom is -0.493 e. The maximum atomic E-state index is 11.6. The van der Waals surface area contributed by atoms with Gasteiger partial charge < -0.3 is 4.74 Å². The van der Waals surface area contributed by atoms with Gasteiger partial charge in [0.15, 0.2) is 0 Å². The molecule has 1 nitrogen and oxygen atoms in total. The van der Waals surface area contributed by atoms with Crippen LogP contribution in [-0.2, 0) is 0 Å². The Bertz CT molecular complexity index is 186. The van der Waals surface area contributed by atoms with Crippen molar-refractivity contribution >= 4 is 0 Å². The van der Waals surface area contributed by atoms with Crippen molar-refractivity contribution in [2.45, 2.75) is 6.42 Å². The summed E-state index contributed by atoms with van der Waals surface area (Å²) >= 11 is 0. The van der Waals surface area contributed by atoms with Gasteiger partial charge in [-0.3, -0.25) is 4.39 Å². The number of hydrogen-bond donors (Lipinski definition) is 0. The van der Waals surface area contributed by atoms with E-state index in [-0.39, 0.29) is 6.67 Å². The third-order valence-corrected chi connectivity index (χ3v) is 1.23. The molecule has 1 aromatic rings. The molecule has 0 N–H and O–H groups in total. The van der Waals surface area contributed by atoms with Crippen molar-refractivity contribution in [3.05, 3.63) is 30.3 Å². The number of rotatable bonds is 4. The first kappa shape index (κ1) is 8.05. The van der Waals surface area contributed by atoms with Crippen molar-refractivity contribution in [2.75, 3.05) is 13.3 Å². The molecule has 11 heavy (non-hydrogen) atoms. The van der Waals surface area contributed by atoms with Crippen molar-refractivity contribution in [1.82, 2.24) is 0 Å². The topological polar surface area (TPSA) is 9.23 Å². The summed E-state index contributed by atoms with van der Waals surface area (Å²) in [6.45, 7) is 0.116. The minimum atomic E-state index is -0.323. The highest BCUT2D eigenvalue weighted by atomic mass is 19.1. The van der Waals surface area contributed by atoms with Crippen LogP contribution in [0.25, 0.3) is 0 Å². The Balaban J connectivity index is 2.28. The van der Waals surface area contributed by atoms with Gasteiger partial charge in [0, 0.05) is 6.42 Å². The lowest BCUT2D eigenvalue weighted by Gasteiger charge is -2.02. The molecule has 0 fully saturated rings. The van der Waals surface area contributed by atoms with E-state index in [9.17, 15) is 4.39 Å². The first-order chi connectivity index (χ1) is 5.43. The average Bonchev–Trinajstić information content (AvgIpc) is 2.07. The van der Waals surface area contributed by atoms with E-state index in [1.807, 2.05) is 12.1 Å². The molecule has 0 aliphatic heterocycles. The second-order valence-electron chi connectivity index (χ2n) is 2.13. The fourth-order valence-electron chi connectivity index (χ4n) is 0.711. The van der Waals surface area contributed by atoms with Gasteiger partial charge in [-0.15, -0.1) is 0 Å². The third-order valence-electron chi connectivity index (χ3n) is 1.23. The first-order valence-electron chi connectivity index (χ1n) is 3.58. The van der Waals surface area contributed by atoms with Crippen LogP contribution in [0.2, 0.25) is 0 Å². The lowest BCUT2D eigenvalue weighted by atomic mass is 10.3. The summed E-state index contributed by atoms with van der Waals surface area (Å²) in [6, 6.07) is 10.1. The van der Waals surface area contributed by atoms with Crippen LogP contribution in [-0.4, -0.2) is 13.3 Å². The zero-order valence-electron chi connectivity index (χ0n) is 6.22. The van der Waals surface area contributed by atoms with Gasteiger partial charge in [0.2, 0.25) is 0 Å². The Labute approximate surface area is 65.8 Å². The van der Waals surface area contributed by atoms with Crippen LogP contribution >= 0.6 is 0 Å². The Morgan fingerprint density at radius 2 is 2.45 bits per heavy atom. The van der Waals surface area contributed by atoms with Gasteiger partial charge in [-0.25, -0.2) is 0 Å². The zero-order chi connectivity index (χ0) is 7.94. The summed E-state index contributed by atoms with van der Waals surface area (Å²) in [4.78, 5) is 0. The maximum absolute atomic E-state index is 11.6. The molecule has 0 bridgehead atoms. The molecule has 59 valence electrons. The highest BCUT2D eigenvalue weighted by Crippen LogP contribution is 2.07. The fraction of sp³-hybridized carbons (Fsp3) is 0.333. The van der Waals surface area contributed by atoms with Gasteiger partial charge in [-0.1, -0.05) is 12.1 Å². The number of hydrogen-bond acceptors (Lipinski definition) is 1. The quantitative estimate of drug-likeness (QED) is 0.603. The fourth-order valence-corrected chi connectivity index (χ4v) is 0.711. The molecule has 0 amide bonds. The van der Waals surface area contributed by atoms with Crippen molar-refractivity contribution in [3.8, 4) is 5.75 Å². The maximum Gasteiger partial charge on any atom is 0.119 e. The SMILES string of the molecule is FCCCOc1c[c]ccc1. The Kier molecular flexibility index (Phi) is 3.45.